The molecule has 2 amide bonds. The lowest BCUT2D eigenvalue weighted by atomic mass is 10.2. The fourth-order valence-electron chi connectivity index (χ4n) is 1.88. The third kappa shape index (κ3) is 3.77. The van der Waals surface area contributed by atoms with Crippen LogP contribution in [0.1, 0.15) is 27.6 Å². The molecule has 0 aliphatic heterocycles. The van der Waals surface area contributed by atoms with Gasteiger partial charge in [0.05, 0.1) is 16.2 Å². The first kappa shape index (κ1) is 17.2. The summed E-state index contributed by atoms with van der Waals surface area (Å²) < 4.78 is 23.5. The van der Waals surface area contributed by atoms with Crippen molar-refractivity contribution in [2.45, 2.75) is 11.8 Å². The molecule has 0 fully saturated rings. The number of thiophene rings is 1. The first-order chi connectivity index (χ1) is 10.9. The van der Waals surface area contributed by atoms with Crippen LogP contribution in [-0.2, 0) is 9.84 Å². The van der Waals surface area contributed by atoms with Crippen molar-refractivity contribution >= 4 is 38.0 Å². The number of sulfone groups is 1. The van der Waals surface area contributed by atoms with Crippen LogP contribution in [0.4, 0.5) is 5.00 Å². The number of carbonyl (C=O) groups is 2. The van der Waals surface area contributed by atoms with Gasteiger partial charge in [-0.25, -0.2) is 8.42 Å². The molecule has 2 aromatic rings. The Labute approximate surface area is 138 Å². The lowest BCUT2D eigenvalue weighted by molar-refractivity contribution is 0.0964. The van der Waals surface area contributed by atoms with E-state index < -0.39 is 15.7 Å². The predicted octanol–water partition coefficient (Wildman–Crippen LogP) is 2.15. The van der Waals surface area contributed by atoms with Gasteiger partial charge < -0.3 is 10.6 Å². The van der Waals surface area contributed by atoms with Gasteiger partial charge in [0, 0.05) is 12.6 Å². The van der Waals surface area contributed by atoms with Gasteiger partial charge in [-0.3, -0.25) is 9.59 Å². The second-order valence-electron chi connectivity index (χ2n) is 4.62. The molecule has 2 rings (SSSR count). The fourth-order valence-corrected chi connectivity index (χ4v) is 3.54. The standard InChI is InChI=1S/C15H16N2O4S2/c1-3-23(20,21)11-6-4-10(5-7-11)13(18)17-15-12(8-9-22-15)14(19)16-2/h4-9H,3H2,1-2H3,(H,16,19)(H,17,18). The van der Waals surface area contributed by atoms with Gasteiger partial charge in [-0.1, -0.05) is 6.92 Å². The van der Waals surface area contributed by atoms with E-state index in [0.717, 1.165) is 0 Å². The maximum atomic E-state index is 12.2. The smallest absolute Gasteiger partial charge is 0.256 e. The van der Waals surface area contributed by atoms with Gasteiger partial charge in [0.15, 0.2) is 9.84 Å². The lowest BCUT2D eigenvalue weighted by Gasteiger charge is -2.07. The molecule has 122 valence electrons. The number of nitrogens with one attached hydrogen (secondary N) is 2. The van der Waals surface area contributed by atoms with E-state index in [4.69, 9.17) is 0 Å². The maximum absolute atomic E-state index is 12.2. The molecule has 0 saturated carbocycles. The molecule has 0 atom stereocenters. The average molecular weight is 352 g/mol. The van der Waals surface area contributed by atoms with Gasteiger partial charge in [0.25, 0.3) is 11.8 Å². The minimum absolute atomic E-state index is 0.00320. The average Bonchev–Trinajstić information content (AvgIpc) is 3.02. The van der Waals surface area contributed by atoms with Crippen LogP contribution in [0, 0.1) is 0 Å². The molecule has 23 heavy (non-hydrogen) atoms. The molecule has 1 heterocycles. The third-order valence-electron chi connectivity index (χ3n) is 3.22. The minimum Gasteiger partial charge on any atom is -0.355 e. The topological polar surface area (TPSA) is 92.3 Å². The second kappa shape index (κ2) is 6.93. The van der Waals surface area contributed by atoms with Gasteiger partial charge in [-0.05, 0) is 35.7 Å². The Morgan fingerprint density at radius 2 is 1.74 bits per heavy atom. The summed E-state index contributed by atoms with van der Waals surface area (Å²) in [7, 11) is -1.78. The van der Waals surface area contributed by atoms with Crippen molar-refractivity contribution in [1.29, 1.82) is 0 Å². The molecule has 2 N–H and O–H groups in total. The Hall–Kier alpha value is -2.19. The third-order valence-corrected chi connectivity index (χ3v) is 5.80. The number of benzene rings is 1. The minimum atomic E-state index is -3.29. The summed E-state index contributed by atoms with van der Waals surface area (Å²) in [5.41, 5.74) is 0.701. The van der Waals surface area contributed by atoms with Crippen molar-refractivity contribution in [2.24, 2.45) is 0 Å². The maximum Gasteiger partial charge on any atom is 0.256 e. The quantitative estimate of drug-likeness (QED) is 0.862. The van der Waals surface area contributed by atoms with Crippen LogP contribution < -0.4 is 10.6 Å². The van der Waals surface area contributed by atoms with Gasteiger partial charge in [-0.2, -0.15) is 0 Å². The zero-order valence-corrected chi connectivity index (χ0v) is 14.3. The van der Waals surface area contributed by atoms with Crippen molar-refractivity contribution in [3.05, 3.63) is 46.8 Å². The molecular formula is C15H16N2O4S2. The van der Waals surface area contributed by atoms with Crippen molar-refractivity contribution in [1.82, 2.24) is 5.32 Å². The zero-order chi connectivity index (χ0) is 17.0. The highest BCUT2D eigenvalue weighted by Crippen LogP contribution is 2.24. The van der Waals surface area contributed by atoms with Gasteiger partial charge >= 0.3 is 0 Å². The Kier molecular flexibility index (Phi) is 5.17. The zero-order valence-electron chi connectivity index (χ0n) is 12.6. The van der Waals surface area contributed by atoms with E-state index in [-0.39, 0.29) is 16.6 Å². The first-order valence-electron chi connectivity index (χ1n) is 6.82. The molecular weight excluding hydrogens is 336 g/mol. The largest absolute Gasteiger partial charge is 0.355 e. The molecule has 8 heteroatoms. The molecule has 0 spiro atoms. The number of amides is 2. The molecule has 0 unspecified atom stereocenters. The lowest BCUT2D eigenvalue weighted by Crippen LogP contribution is -2.20. The van der Waals surface area contributed by atoms with Crippen LogP contribution in [0.15, 0.2) is 40.6 Å². The number of anilines is 1. The monoisotopic (exact) mass is 352 g/mol. The number of hydrogen-bond acceptors (Lipinski definition) is 5. The van der Waals surface area contributed by atoms with E-state index in [9.17, 15) is 18.0 Å². The summed E-state index contributed by atoms with van der Waals surface area (Å²) in [4.78, 5) is 24.1. The van der Waals surface area contributed by atoms with Crippen LogP contribution in [0.5, 0.6) is 0 Å². The Morgan fingerprint density at radius 1 is 1.09 bits per heavy atom. The highest BCUT2D eigenvalue weighted by atomic mass is 32.2. The fraction of sp³-hybridized carbons (Fsp3) is 0.200. The predicted molar refractivity (Wildman–Crippen MR) is 89.8 cm³/mol. The van der Waals surface area contributed by atoms with Gasteiger partial charge in [0.2, 0.25) is 0 Å². The summed E-state index contributed by atoms with van der Waals surface area (Å²) in [5, 5.41) is 7.31. The molecule has 0 saturated heterocycles. The second-order valence-corrected chi connectivity index (χ2v) is 7.82. The number of rotatable bonds is 5. The Bertz CT molecular complexity index is 823. The van der Waals surface area contributed by atoms with Gasteiger partial charge in [0.1, 0.15) is 5.00 Å². The van der Waals surface area contributed by atoms with Crippen molar-refractivity contribution in [3.8, 4) is 0 Å². The van der Waals surface area contributed by atoms with Crippen molar-refractivity contribution in [2.75, 3.05) is 18.1 Å². The van der Waals surface area contributed by atoms with E-state index in [0.29, 0.717) is 16.1 Å². The van der Waals surface area contributed by atoms with Crippen LogP contribution in [-0.4, -0.2) is 33.0 Å². The van der Waals surface area contributed by atoms with Crippen LogP contribution in [0.25, 0.3) is 0 Å². The molecule has 1 aromatic heterocycles. The van der Waals surface area contributed by atoms with E-state index >= 15 is 0 Å². The Morgan fingerprint density at radius 3 is 2.30 bits per heavy atom. The normalized spacial score (nSPS) is 11.0. The summed E-state index contributed by atoms with van der Waals surface area (Å²) in [6.45, 7) is 1.56. The SMILES string of the molecule is CCS(=O)(=O)c1ccc(C(=O)Nc2sccc2C(=O)NC)cc1. The molecule has 0 aliphatic rings. The van der Waals surface area contributed by atoms with Crippen LogP contribution in [0.3, 0.4) is 0 Å². The molecule has 0 bridgehead atoms. The number of hydrogen-bond donors (Lipinski definition) is 2. The van der Waals surface area contributed by atoms with E-state index in [1.54, 1.807) is 18.4 Å². The van der Waals surface area contributed by atoms with Crippen LogP contribution in [0.2, 0.25) is 0 Å². The van der Waals surface area contributed by atoms with Crippen molar-refractivity contribution < 1.29 is 18.0 Å². The van der Waals surface area contributed by atoms with E-state index in [1.807, 2.05) is 0 Å². The molecule has 6 nitrogen and oxygen atoms in total. The summed E-state index contributed by atoms with van der Waals surface area (Å²) in [6, 6.07) is 7.33. The summed E-state index contributed by atoms with van der Waals surface area (Å²) >= 11 is 1.24. The first-order valence-corrected chi connectivity index (χ1v) is 9.36. The van der Waals surface area contributed by atoms with E-state index in [1.165, 1.54) is 42.6 Å². The highest BCUT2D eigenvalue weighted by molar-refractivity contribution is 7.91. The van der Waals surface area contributed by atoms with Crippen LogP contribution >= 0.6 is 11.3 Å². The molecule has 0 radical (unpaired) electrons. The van der Waals surface area contributed by atoms with Crippen molar-refractivity contribution in [3.63, 3.8) is 0 Å². The van der Waals surface area contributed by atoms with Gasteiger partial charge in [-0.15, -0.1) is 11.3 Å². The highest BCUT2D eigenvalue weighted by Gasteiger charge is 2.16. The molecule has 0 aliphatic carbocycles. The summed E-state index contributed by atoms with van der Waals surface area (Å²) in [6.07, 6.45) is 0. The summed E-state index contributed by atoms with van der Waals surface area (Å²) in [5.74, 6) is -0.688. The number of carbonyl (C=O) groups excluding carboxylic acids is 2. The Balaban J connectivity index is 2.19. The van der Waals surface area contributed by atoms with E-state index in [2.05, 4.69) is 10.6 Å². The molecule has 1 aromatic carbocycles.